The van der Waals surface area contributed by atoms with Crippen LogP contribution in [-0.4, -0.2) is 32.3 Å². The summed E-state index contributed by atoms with van der Waals surface area (Å²) in [6, 6.07) is 9.65. The fourth-order valence-corrected chi connectivity index (χ4v) is 3.56. The highest BCUT2D eigenvalue weighted by Gasteiger charge is 2.13. The molecule has 0 bridgehead atoms. The van der Waals surface area contributed by atoms with Crippen molar-refractivity contribution in [1.29, 1.82) is 0 Å². The van der Waals surface area contributed by atoms with Crippen molar-refractivity contribution < 1.29 is 4.79 Å². The van der Waals surface area contributed by atoms with Crippen LogP contribution in [0.15, 0.2) is 40.3 Å². The van der Waals surface area contributed by atoms with Gasteiger partial charge in [0.2, 0.25) is 11.0 Å². The van der Waals surface area contributed by atoms with Crippen molar-refractivity contribution in [2.75, 3.05) is 11.6 Å². The van der Waals surface area contributed by atoms with Gasteiger partial charge in [-0.25, -0.2) is 4.98 Å². The van der Waals surface area contributed by atoms with Gasteiger partial charge >= 0.3 is 0 Å². The second-order valence-electron chi connectivity index (χ2n) is 5.47. The highest BCUT2D eigenvalue weighted by molar-refractivity contribution is 7.98. The largest absolute Gasteiger partial charge is 0.301 e. The number of hydrogen-bond donors (Lipinski definition) is 2. The Hall–Kier alpha value is -2.52. The molecule has 3 rings (SSSR count). The van der Waals surface area contributed by atoms with E-state index in [0.29, 0.717) is 28.0 Å². The number of benzene rings is 1. The third-order valence-electron chi connectivity index (χ3n) is 3.69. The van der Waals surface area contributed by atoms with Gasteiger partial charge in [-0.15, -0.1) is 10.2 Å². The van der Waals surface area contributed by atoms with Crippen molar-refractivity contribution in [2.24, 2.45) is 0 Å². The monoisotopic (exact) mass is 387 g/mol. The predicted octanol–water partition coefficient (Wildman–Crippen LogP) is 2.89. The average Bonchev–Trinajstić information content (AvgIpc) is 3.10. The summed E-state index contributed by atoms with van der Waals surface area (Å²) in [6.45, 7) is 1.78. The number of anilines is 1. The molecule has 0 spiro atoms. The van der Waals surface area contributed by atoms with E-state index in [0.717, 1.165) is 10.6 Å². The van der Waals surface area contributed by atoms with E-state index in [1.807, 2.05) is 36.6 Å². The van der Waals surface area contributed by atoms with Crippen molar-refractivity contribution in [3.05, 3.63) is 51.9 Å². The molecule has 0 radical (unpaired) electrons. The lowest BCUT2D eigenvalue weighted by atomic mass is 10.1. The Kier molecular flexibility index (Phi) is 5.79. The molecule has 1 amide bonds. The van der Waals surface area contributed by atoms with Gasteiger partial charge in [0.1, 0.15) is 5.01 Å². The van der Waals surface area contributed by atoms with Gasteiger partial charge in [-0.05, 0) is 19.6 Å². The Bertz CT molecular complexity index is 969. The molecule has 134 valence electrons. The smallest absolute Gasteiger partial charge is 0.254 e. The van der Waals surface area contributed by atoms with E-state index in [-0.39, 0.29) is 17.9 Å². The maximum Gasteiger partial charge on any atom is 0.254 e. The zero-order valence-corrected chi connectivity index (χ0v) is 15.9. The van der Waals surface area contributed by atoms with E-state index in [1.54, 1.807) is 6.92 Å². The lowest BCUT2D eigenvalue weighted by molar-refractivity contribution is -0.116. The van der Waals surface area contributed by atoms with Gasteiger partial charge < -0.3 is 10.3 Å². The van der Waals surface area contributed by atoms with Crippen LogP contribution in [-0.2, 0) is 11.2 Å². The molecule has 2 heterocycles. The molecule has 0 aliphatic heterocycles. The number of nitrogens with zero attached hydrogens (tertiary/aromatic N) is 3. The zero-order valence-electron chi connectivity index (χ0n) is 14.3. The first-order valence-corrected chi connectivity index (χ1v) is 9.93. The number of rotatable bonds is 6. The summed E-state index contributed by atoms with van der Waals surface area (Å²) in [7, 11) is 0. The molecule has 3 aromatic rings. The number of nitrogens with one attached hydrogen (secondary N) is 2. The van der Waals surface area contributed by atoms with Crippen LogP contribution in [0.5, 0.6) is 0 Å². The van der Waals surface area contributed by atoms with Crippen LogP contribution in [0.1, 0.15) is 17.7 Å². The number of carbonyl (C=O) groups is 1. The number of aromatic amines is 1. The maximum atomic E-state index is 12.2. The molecule has 0 fully saturated rings. The summed E-state index contributed by atoms with van der Waals surface area (Å²) in [5.41, 5.74) is 1.93. The van der Waals surface area contributed by atoms with Crippen LogP contribution in [0.3, 0.4) is 0 Å². The topological polar surface area (TPSA) is 101 Å². The van der Waals surface area contributed by atoms with E-state index in [4.69, 9.17) is 0 Å². The number of hydrogen-bond acceptors (Lipinski definition) is 7. The molecular formula is C17H17N5O2S2. The zero-order chi connectivity index (χ0) is 18.5. The minimum absolute atomic E-state index is 0.171. The minimum atomic E-state index is -0.214. The highest BCUT2D eigenvalue weighted by Crippen LogP contribution is 2.25. The highest BCUT2D eigenvalue weighted by atomic mass is 32.2. The van der Waals surface area contributed by atoms with Crippen molar-refractivity contribution in [3.8, 4) is 10.6 Å². The number of H-pyrrole nitrogens is 1. The quantitative estimate of drug-likeness (QED) is 0.498. The van der Waals surface area contributed by atoms with Crippen molar-refractivity contribution in [1.82, 2.24) is 20.2 Å². The van der Waals surface area contributed by atoms with Gasteiger partial charge in [-0.3, -0.25) is 9.59 Å². The predicted molar refractivity (Wildman–Crippen MR) is 104 cm³/mol. The summed E-state index contributed by atoms with van der Waals surface area (Å²) in [5.74, 6) is -0.214. The summed E-state index contributed by atoms with van der Waals surface area (Å²) >= 11 is 2.68. The molecule has 0 aliphatic carbocycles. The third-order valence-corrected chi connectivity index (χ3v) is 5.16. The summed E-state index contributed by atoms with van der Waals surface area (Å²) < 4.78 is 0. The molecule has 2 N–H and O–H groups in total. The number of aromatic nitrogens is 4. The van der Waals surface area contributed by atoms with E-state index < -0.39 is 0 Å². The normalized spacial score (nSPS) is 10.7. The molecular weight excluding hydrogens is 370 g/mol. The molecule has 0 aliphatic rings. The Morgan fingerprint density at radius 1 is 1.27 bits per heavy atom. The lowest BCUT2D eigenvalue weighted by Gasteiger charge is -2.05. The van der Waals surface area contributed by atoms with Crippen molar-refractivity contribution in [2.45, 2.75) is 24.9 Å². The maximum absolute atomic E-state index is 12.2. The van der Waals surface area contributed by atoms with E-state index >= 15 is 0 Å². The van der Waals surface area contributed by atoms with Crippen LogP contribution in [0.25, 0.3) is 10.6 Å². The van der Waals surface area contributed by atoms with Gasteiger partial charge in [-0.2, -0.15) is 0 Å². The molecule has 2 aromatic heterocycles. The summed E-state index contributed by atoms with van der Waals surface area (Å²) in [5, 5.41) is 12.6. The van der Waals surface area contributed by atoms with Gasteiger partial charge in [0, 0.05) is 23.2 Å². The van der Waals surface area contributed by atoms with Gasteiger partial charge in [0.15, 0.2) is 5.16 Å². The van der Waals surface area contributed by atoms with E-state index in [2.05, 4.69) is 25.5 Å². The van der Waals surface area contributed by atoms with Gasteiger partial charge in [-0.1, -0.05) is 53.4 Å². The molecule has 0 unspecified atom stereocenters. The second-order valence-corrected chi connectivity index (χ2v) is 7.24. The Balaban J connectivity index is 1.62. The Labute approximate surface area is 158 Å². The van der Waals surface area contributed by atoms with Crippen LogP contribution < -0.4 is 10.9 Å². The molecule has 9 heteroatoms. The van der Waals surface area contributed by atoms with Crippen LogP contribution in [0.4, 0.5) is 5.13 Å². The van der Waals surface area contributed by atoms with Crippen LogP contribution in [0.2, 0.25) is 0 Å². The first kappa shape index (κ1) is 18.3. The SMILES string of the molecule is CSc1nc(C)c(CCC(=O)Nc2nnc(-c3ccccc3)s2)c(=O)[nH]1. The molecule has 0 atom stereocenters. The van der Waals surface area contributed by atoms with Gasteiger partial charge in [0.05, 0.1) is 0 Å². The van der Waals surface area contributed by atoms with Crippen LogP contribution >= 0.6 is 23.1 Å². The van der Waals surface area contributed by atoms with Crippen molar-refractivity contribution >= 4 is 34.1 Å². The minimum Gasteiger partial charge on any atom is -0.301 e. The summed E-state index contributed by atoms with van der Waals surface area (Å²) in [6.07, 6.45) is 2.33. The fraction of sp³-hybridized carbons (Fsp3) is 0.235. The first-order valence-electron chi connectivity index (χ1n) is 7.89. The van der Waals surface area contributed by atoms with Crippen molar-refractivity contribution in [3.63, 3.8) is 0 Å². The Morgan fingerprint density at radius 3 is 2.73 bits per heavy atom. The number of thioether (sulfide) groups is 1. The summed E-state index contributed by atoms with van der Waals surface area (Å²) in [4.78, 5) is 31.3. The molecule has 26 heavy (non-hydrogen) atoms. The molecule has 0 saturated heterocycles. The van der Waals surface area contributed by atoms with E-state index in [1.165, 1.54) is 23.1 Å². The number of amides is 1. The Morgan fingerprint density at radius 2 is 2.04 bits per heavy atom. The average molecular weight is 387 g/mol. The number of carbonyl (C=O) groups excluding carboxylic acids is 1. The first-order chi connectivity index (χ1) is 12.6. The fourth-order valence-electron chi connectivity index (χ4n) is 2.37. The second kappa shape index (κ2) is 8.24. The van der Waals surface area contributed by atoms with Crippen LogP contribution in [0, 0.1) is 6.92 Å². The molecule has 1 aromatic carbocycles. The number of aryl methyl sites for hydroxylation is 1. The molecule has 7 nitrogen and oxygen atoms in total. The third kappa shape index (κ3) is 4.36. The standard InChI is InChI=1S/C17H17N5O2S2/c1-10-12(14(24)20-16(18-10)25-2)8-9-13(23)19-17-22-21-15(26-17)11-6-4-3-5-7-11/h3-7H,8-9H2,1-2H3,(H,18,20,24)(H,19,22,23). The van der Waals surface area contributed by atoms with Gasteiger partial charge in [0.25, 0.3) is 5.56 Å². The lowest BCUT2D eigenvalue weighted by Crippen LogP contribution is -2.20. The van der Waals surface area contributed by atoms with E-state index in [9.17, 15) is 9.59 Å². The molecule has 0 saturated carbocycles.